The summed E-state index contributed by atoms with van der Waals surface area (Å²) in [6.45, 7) is 2.09. The minimum atomic E-state index is -0.293. The van der Waals surface area contributed by atoms with Crippen LogP contribution in [0.5, 0.6) is 0 Å². The maximum Gasteiger partial charge on any atom is 0.315 e. The van der Waals surface area contributed by atoms with Crippen LogP contribution in [0.4, 0.5) is 0 Å². The molecule has 0 bridgehead atoms. The van der Waals surface area contributed by atoms with Gasteiger partial charge in [-0.25, -0.2) is 0 Å². The number of thiol groups is 1. The number of ketones is 2. The van der Waals surface area contributed by atoms with Gasteiger partial charge in [0.2, 0.25) is 0 Å². The van der Waals surface area contributed by atoms with E-state index >= 15 is 0 Å². The molecule has 2 aliphatic rings. The van der Waals surface area contributed by atoms with Crippen LogP contribution in [0.25, 0.3) is 0 Å². The molecule has 0 spiro atoms. The molecule has 0 unspecified atom stereocenters. The van der Waals surface area contributed by atoms with E-state index in [1.165, 1.54) is 29.4 Å². The third-order valence-corrected chi connectivity index (χ3v) is 11.1. The number of carbonyl (C=O) groups excluding carboxylic acids is 3. The Labute approximate surface area is 268 Å². The average molecular weight is 722 g/mol. The van der Waals surface area contributed by atoms with Crippen molar-refractivity contribution in [3.63, 3.8) is 0 Å². The number of hydrogen-bond donors (Lipinski definition) is 1. The van der Waals surface area contributed by atoms with Crippen molar-refractivity contribution in [2.75, 3.05) is 24.4 Å². The van der Waals surface area contributed by atoms with E-state index in [1.54, 1.807) is 68.9 Å². The Balaban J connectivity index is 0.000000175. The molecule has 0 amide bonds. The van der Waals surface area contributed by atoms with Gasteiger partial charge in [-0.15, -0.1) is 46.2 Å². The van der Waals surface area contributed by atoms with E-state index in [2.05, 4.69) is 73.9 Å². The van der Waals surface area contributed by atoms with Gasteiger partial charge in [0, 0.05) is 16.8 Å². The number of esters is 1. The van der Waals surface area contributed by atoms with E-state index in [0.717, 1.165) is 26.6 Å². The van der Waals surface area contributed by atoms with Crippen molar-refractivity contribution in [1.82, 2.24) is 0 Å². The fraction of sp³-hybridized carbons (Fsp3) is 0.296. The van der Waals surface area contributed by atoms with E-state index in [0.29, 0.717) is 23.1 Å². The van der Waals surface area contributed by atoms with Crippen molar-refractivity contribution in [3.05, 3.63) is 88.6 Å². The number of Topliss-reactive ketones (excluding diaryl/α,β-unsaturated/α-hetero) is 2. The highest BCUT2D eigenvalue weighted by Gasteiger charge is 2.18. The Hall–Kier alpha value is -0.860. The number of aryl methyl sites for hydroxylation is 1. The minimum absolute atomic E-state index is 0.163. The summed E-state index contributed by atoms with van der Waals surface area (Å²) in [5.41, 5.74) is 5.18. The topological polar surface area (TPSA) is 60.4 Å². The van der Waals surface area contributed by atoms with Gasteiger partial charge in [-0.3, -0.25) is 14.4 Å². The zero-order chi connectivity index (χ0) is 28.5. The highest BCUT2D eigenvalue weighted by atomic mass is 79.9. The van der Waals surface area contributed by atoms with E-state index < -0.39 is 0 Å². The first-order valence-electron chi connectivity index (χ1n) is 11.5. The summed E-state index contributed by atoms with van der Waals surface area (Å²) in [6, 6.07) is 8.30. The van der Waals surface area contributed by atoms with Crippen molar-refractivity contribution < 1.29 is 19.1 Å². The summed E-state index contributed by atoms with van der Waals surface area (Å²) in [5.74, 6) is 3.87. The molecule has 6 heterocycles. The highest BCUT2D eigenvalue weighted by Crippen LogP contribution is 2.29. The average Bonchev–Trinajstić information content (AvgIpc) is 3.77. The van der Waals surface area contributed by atoms with Gasteiger partial charge < -0.3 is 4.74 Å². The molecule has 2 aliphatic heterocycles. The van der Waals surface area contributed by atoms with Crippen molar-refractivity contribution in [2.45, 2.75) is 23.8 Å². The van der Waals surface area contributed by atoms with E-state index in [9.17, 15) is 14.4 Å². The SMILES string of the molecule is BrCc1ccsc1.COC(=O)CS.Cc1ccsc1.O=C1CSCc2ccsc21.O=C1CSCc2ccsc21. The highest BCUT2D eigenvalue weighted by molar-refractivity contribution is 9.08. The molecule has 0 saturated carbocycles. The molecular weight excluding hydrogens is 693 g/mol. The van der Waals surface area contributed by atoms with Crippen LogP contribution >= 0.6 is 97.4 Å². The number of fused-ring (bicyclic) bond motifs is 2. The second-order valence-corrected chi connectivity index (χ2v) is 13.9. The van der Waals surface area contributed by atoms with Crippen molar-refractivity contribution >= 4 is 115 Å². The van der Waals surface area contributed by atoms with E-state index in [-0.39, 0.29) is 11.7 Å². The Morgan fingerprint density at radius 1 is 0.846 bits per heavy atom. The molecule has 4 aromatic heterocycles. The predicted octanol–water partition coefficient (Wildman–Crippen LogP) is 9.14. The summed E-state index contributed by atoms with van der Waals surface area (Å²) < 4.78 is 4.18. The number of alkyl halides is 1. The van der Waals surface area contributed by atoms with E-state index in [4.69, 9.17) is 0 Å². The lowest BCUT2D eigenvalue weighted by molar-refractivity contribution is -0.137. The number of rotatable bonds is 2. The molecular formula is C27H29BrO4S7. The molecule has 4 nitrogen and oxygen atoms in total. The van der Waals surface area contributed by atoms with Gasteiger partial charge in [-0.1, -0.05) is 15.9 Å². The molecule has 0 atom stereocenters. The van der Waals surface area contributed by atoms with Crippen LogP contribution in [0.2, 0.25) is 0 Å². The number of thiophene rings is 4. The van der Waals surface area contributed by atoms with Gasteiger partial charge in [0.1, 0.15) is 0 Å². The summed E-state index contributed by atoms with van der Waals surface area (Å²) in [5, 5.41) is 13.4. The molecule has 6 rings (SSSR count). The Bertz CT molecular complexity index is 1180. The van der Waals surface area contributed by atoms with Gasteiger partial charge in [0.05, 0.1) is 34.1 Å². The maximum absolute atomic E-state index is 11.1. The molecule has 0 saturated heterocycles. The molecule has 0 aliphatic carbocycles. The van der Waals surface area contributed by atoms with Crippen molar-refractivity contribution in [1.29, 1.82) is 0 Å². The van der Waals surface area contributed by atoms with Gasteiger partial charge in [-0.05, 0) is 85.7 Å². The Morgan fingerprint density at radius 3 is 1.67 bits per heavy atom. The maximum atomic E-state index is 11.1. The van der Waals surface area contributed by atoms with Crippen LogP contribution in [0.3, 0.4) is 0 Å². The number of methoxy groups -OCH3 is 1. The molecule has 4 aromatic rings. The van der Waals surface area contributed by atoms with Crippen LogP contribution in [-0.2, 0) is 26.4 Å². The van der Waals surface area contributed by atoms with Gasteiger partial charge in [0.25, 0.3) is 0 Å². The summed E-state index contributed by atoms with van der Waals surface area (Å²) in [4.78, 5) is 34.1. The fourth-order valence-electron chi connectivity index (χ4n) is 2.79. The second-order valence-electron chi connectivity index (χ2n) is 7.68. The largest absolute Gasteiger partial charge is 0.468 e. The van der Waals surface area contributed by atoms with Gasteiger partial charge in [-0.2, -0.15) is 35.3 Å². The quantitative estimate of drug-likeness (QED) is 0.127. The van der Waals surface area contributed by atoms with Crippen LogP contribution in [-0.4, -0.2) is 41.9 Å². The van der Waals surface area contributed by atoms with Crippen LogP contribution in [0.15, 0.2) is 56.5 Å². The molecule has 12 heteroatoms. The van der Waals surface area contributed by atoms with Crippen molar-refractivity contribution in [2.24, 2.45) is 0 Å². The van der Waals surface area contributed by atoms with Gasteiger partial charge in [0.15, 0.2) is 11.6 Å². The van der Waals surface area contributed by atoms with Crippen LogP contribution in [0.1, 0.15) is 41.6 Å². The summed E-state index contributed by atoms with van der Waals surface area (Å²) in [6.07, 6.45) is 0. The van der Waals surface area contributed by atoms with Crippen LogP contribution in [0, 0.1) is 6.92 Å². The minimum Gasteiger partial charge on any atom is -0.468 e. The summed E-state index contributed by atoms with van der Waals surface area (Å²) >= 11 is 17.0. The lowest BCUT2D eigenvalue weighted by atomic mass is 10.2. The lowest BCUT2D eigenvalue weighted by Gasteiger charge is -2.07. The lowest BCUT2D eigenvalue weighted by Crippen LogP contribution is -2.07. The number of thioether (sulfide) groups is 2. The third-order valence-electron chi connectivity index (χ3n) is 4.74. The molecule has 0 radical (unpaired) electrons. The second kappa shape index (κ2) is 20.1. The number of hydrogen-bond acceptors (Lipinski definition) is 11. The molecule has 39 heavy (non-hydrogen) atoms. The summed E-state index contributed by atoms with van der Waals surface area (Å²) in [7, 11) is 1.33. The zero-order valence-corrected chi connectivity index (χ0v) is 28.8. The zero-order valence-electron chi connectivity index (χ0n) is 21.4. The third kappa shape index (κ3) is 13.1. The standard InChI is InChI=1S/2C7H6OS2.C5H5BrS.C5H6S.C3H6O2S/c2*8-6-4-9-3-5-1-2-10-7(5)6;6-3-5-1-2-7-4-5;1-5-2-3-6-4-5;1-5-3(4)2-6/h2*1-2H,3-4H2;1-2,4H,3H2;2-4H,1H3;6H,2H2,1H3. The smallest absolute Gasteiger partial charge is 0.315 e. The molecule has 0 fully saturated rings. The molecule has 0 N–H and O–H groups in total. The number of ether oxygens (including phenoxy) is 1. The predicted molar refractivity (Wildman–Crippen MR) is 181 cm³/mol. The molecule has 0 aromatic carbocycles. The van der Waals surface area contributed by atoms with Gasteiger partial charge >= 0.3 is 5.97 Å². The number of carbonyl (C=O) groups is 3. The monoisotopic (exact) mass is 720 g/mol. The Kier molecular flexibility index (Phi) is 17.7. The van der Waals surface area contributed by atoms with E-state index in [1.807, 2.05) is 22.9 Å². The molecule has 210 valence electrons. The van der Waals surface area contributed by atoms with Crippen molar-refractivity contribution in [3.8, 4) is 0 Å². The fourth-order valence-corrected chi connectivity index (χ4v) is 8.70. The Morgan fingerprint density at radius 2 is 1.38 bits per heavy atom. The van der Waals surface area contributed by atoms with Crippen LogP contribution < -0.4 is 0 Å². The first-order valence-corrected chi connectivity index (χ1v) is 19.2. The normalized spacial score (nSPS) is 12.9. The first-order chi connectivity index (χ1) is 18.9. The first kappa shape index (κ1) is 34.3. The number of halogens is 1.